The van der Waals surface area contributed by atoms with Crippen LogP contribution in [0.1, 0.15) is 32.3 Å². The molecule has 0 aliphatic carbocycles. The number of amides is 1. The first-order valence-electron chi connectivity index (χ1n) is 8.43. The van der Waals surface area contributed by atoms with E-state index in [9.17, 15) is 13.6 Å². The number of hydrogen-bond donors (Lipinski definition) is 0. The SMILES string of the molecule is CCOC(=O)N1CCN([C@H](C)c2nc3ccccc3n2C(F)F)CC1. The summed E-state index contributed by atoms with van der Waals surface area (Å²) < 4.78 is 33.2. The Bertz CT molecular complexity index is 741. The maximum absolute atomic E-state index is 13.6. The van der Waals surface area contributed by atoms with Crippen molar-refractivity contribution < 1.29 is 18.3 Å². The van der Waals surface area contributed by atoms with Crippen LogP contribution in [-0.2, 0) is 4.74 Å². The topological polar surface area (TPSA) is 50.6 Å². The van der Waals surface area contributed by atoms with Gasteiger partial charge in [0.2, 0.25) is 0 Å². The summed E-state index contributed by atoms with van der Waals surface area (Å²) in [7, 11) is 0. The van der Waals surface area contributed by atoms with Gasteiger partial charge in [0.25, 0.3) is 0 Å². The lowest BCUT2D eigenvalue weighted by Crippen LogP contribution is -2.49. The van der Waals surface area contributed by atoms with E-state index >= 15 is 0 Å². The average molecular weight is 352 g/mol. The fourth-order valence-corrected chi connectivity index (χ4v) is 3.23. The van der Waals surface area contributed by atoms with Crippen molar-refractivity contribution in [3.8, 4) is 0 Å². The minimum absolute atomic E-state index is 0.272. The van der Waals surface area contributed by atoms with Crippen LogP contribution in [0.2, 0.25) is 0 Å². The molecule has 1 atom stereocenters. The van der Waals surface area contributed by atoms with Gasteiger partial charge in [0.15, 0.2) is 0 Å². The summed E-state index contributed by atoms with van der Waals surface area (Å²) in [5, 5.41) is 0. The number of aromatic nitrogens is 2. The molecule has 136 valence electrons. The summed E-state index contributed by atoms with van der Waals surface area (Å²) in [6.07, 6.45) is -0.324. The molecule has 1 amide bonds. The van der Waals surface area contributed by atoms with Gasteiger partial charge in [0.1, 0.15) is 5.82 Å². The molecule has 1 aromatic heterocycles. The van der Waals surface area contributed by atoms with E-state index in [1.807, 2.05) is 6.92 Å². The number of rotatable bonds is 4. The average Bonchev–Trinajstić information content (AvgIpc) is 3.01. The van der Waals surface area contributed by atoms with Crippen molar-refractivity contribution in [1.82, 2.24) is 19.4 Å². The minimum Gasteiger partial charge on any atom is -0.450 e. The van der Waals surface area contributed by atoms with Gasteiger partial charge in [0.05, 0.1) is 23.7 Å². The fraction of sp³-hybridized carbons (Fsp3) is 0.529. The second kappa shape index (κ2) is 7.35. The molecule has 1 aromatic carbocycles. The predicted octanol–water partition coefficient (Wildman–Crippen LogP) is 3.27. The molecule has 2 heterocycles. The molecule has 0 bridgehead atoms. The third kappa shape index (κ3) is 3.44. The number of piperazine rings is 1. The summed E-state index contributed by atoms with van der Waals surface area (Å²) in [5.41, 5.74) is 0.999. The van der Waals surface area contributed by atoms with Gasteiger partial charge in [-0.2, -0.15) is 8.78 Å². The lowest BCUT2D eigenvalue weighted by atomic mass is 10.2. The first-order valence-corrected chi connectivity index (χ1v) is 8.43. The number of nitrogens with zero attached hydrogens (tertiary/aromatic N) is 4. The zero-order valence-electron chi connectivity index (χ0n) is 14.4. The summed E-state index contributed by atoms with van der Waals surface area (Å²) in [6.45, 7) is 3.54. The van der Waals surface area contributed by atoms with Crippen LogP contribution in [0.3, 0.4) is 0 Å². The van der Waals surface area contributed by atoms with Gasteiger partial charge in [-0.05, 0) is 26.0 Å². The molecule has 8 heteroatoms. The number of hydrogen-bond acceptors (Lipinski definition) is 4. The summed E-state index contributed by atoms with van der Waals surface area (Å²) >= 11 is 0. The Morgan fingerprint density at radius 2 is 1.92 bits per heavy atom. The molecule has 2 aromatic rings. The molecule has 3 rings (SSSR count). The van der Waals surface area contributed by atoms with Crippen LogP contribution in [0.15, 0.2) is 24.3 Å². The largest absolute Gasteiger partial charge is 0.450 e. The third-order valence-corrected chi connectivity index (χ3v) is 4.58. The minimum atomic E-state index is -2.65. The van der Waals surface area contributed by atoms with E-state index in [1.165, 1.54) is 0 Å². The molecule has 1 aliphatic rings. The van der Waals surface area contributed by atoms with Crippen LogP contribution >= 0.6 is 0 Å². The molecule has 0 spiro atoms. The van der Waals surface area contributed by atoms with Crippen LogP contribution in [0.25, 0.3) is 11.0 Å². The maximum atomic E-state index is 13.6. The van der Waals surface area contributed by atoms with Crippen molar-refractivity contribution in [3.05, 3.63) is 30.1 Å². The Morgan fingerprint density at radius 1 is 1.24 bits per heavy atom. The van der Waals surface area contributed by atoms with Crippen molar-refractivity contribution in [2.75, 3.05) is 32.8 Å². The number of imidazole rings is 1. The highest BCUT2D eigenvalue weighted by molar-refractivity contribution is 5.76. The van der Waals surface area contributed by atoms with Crippen LogP contribution in [0.4, 0.5) is 13.6 Å². The van der Waals surface area contributed by atoms with E-state index in [1.54, 1.807) is 36.1 Å². The number of fused-ring (bicyclic) bond motifs is 1. The number of alkyl halides is 2. The van der Waals surface area contributed by atoms with Crippen LogP contribution in [-0.4, -0.2) is 58.2 Å². The Kier molecular flexibility index (Phi) is 5.17. The van der Waals surface area contributed by atoms with E-state index in [0.717, 1.165) is 4.57 Å². The van der Waals surface area contributed by atoms with Crippen molar-refractivity contribution in [3.63, 3.8) is 0 Å². The molecule has 0 N–H and O–H groups in total. The first kappa shape index (κ1) is 17.6. The summed E-state index contributed by atoms with van der Waals surface area (Å²) in [4.78, 5) is 19.9. The number of halogens is 2. The maximum Gasteiger partial charge on any atom is 0.409 e. The number of benzene rings is 1. The Labute approximate surface area is 145 Å². The number of carbonyl (C=O) groups is 1. The summed E-state index contributed by atoms with van der Waals surface area (Å²) in [6, 6.07) is 6.64. The van der Waals surface area contributed by atoms with Crippen LogP contribution in [0.5, 0.6) is 0 Å². The molecule has 25 heavy (non-hydrogen) atoms. The van der Waals surface area contributed by atoms with Crippen molar-refractivity contribution in [2.45, 2.75) is 26.4 Å². The van der Waals surface area contributed by atoms with Gasteiger partial charge >= 0.3 is 12.6 Å². The smallest absolute Gasteiger partial charge is 0.409 e. The van der Waals surface area contributed by atoms with E-state index < -0.39 is 6.55 Å². The second-order valence-corrected chi connectivity index (χ2v) is 6.00. The molecule has 0 saturated carbocycles. The zero-order valence-corrected chi connectivity index (χ0v) is 14.4. The molecule has 6 nitrogen and oxygen atoms in total. The van der Waals surface area contributed by atoms with E-state index in [-0.39, 0.29) is 12.1 Å². The second-order valence-electron chi connectivity index (χ2n) is 6.00. The van der Waals surface area contributed by atoms with Gasteiger partial charge in [-0.15, -0.1) is 0 Å². The fourth-order valence-electron chi connectivity index (χ4n) is 3.23. The van der Waals surface area contributed by atoms with E-state index in [2.05, 4.69) is 9.88 Å². The normalized spacial score (nSPS) is 17.2. The monoisotopic (exact) mass is 352 g/mol. The lowest BCUT2D eigenvalue weighted by Gasteiger charge is -2.37. The Balaban J connectivity index is 1.78. The molecular formula is C17H22F2N4O2. The summed E-state index contributed by atoms with van der Waals surface area (Å²) in [5.74, 6) is 0.348. The predicted molar refractivity (Wildman–Crippen MR) is 89.6 cm³/mol. The van der Waals surface area contributed by atoms with Crippen LogP contribution < -0.4 is 0 Å². The highest BCUT2D eigenvalue weighted by Crippen LogP contribution is 2.29. The van der Waals surface area contributed by atoms with E-state index in [0.29, 0.717) is 49.6 Å². The van der Waals surface area contributed by atoms with Gasteiger partial charge < -0.3 is 9.64 Å². The van der Waals surface area contributed by atoms with Crippen molar-refractivity contribution >= 4 is 17.1 Å². The standard InChI is InChI=1S/C17H22F2N4O2/c1-3-25-17(24)22-10-8-21(9-11-22)12(2)15-20-13-6-4-5-7-14(13)23(15)16(18)19/h4-7,12,16H,3,8-11H2,1-2H3/t12-/m1/s1. The number of para-hydroxylation sites is 2. The number of ether oxygens (including phenoxy) is 1. The van der Waals surface area contributed by atoms with Crippen molar-refractivity contribution in [2.24, 2.45) is 0 Å². The lowest BCUT2D eigenvalue weighted by molar-refractivity contribution is 0.0517. The quantitative estimate of drug-likeness (QED) is 0.847. The molecule has 0 radical (unpaired) electrons. The Morgan fingerprint density at radius 3 is 2.56 bits per heavy atom. The van der Waals surface area contributed by atoms with Gasteiger partial charge in [-0.25, -0.2) is 9.78 Å². The number of carbonyl (C=O) groups excluding carboxylic acids is 1. The molecule has 1 aliphatic heterocycles. The Hall–Kier alpha value is -2.22. The molecule has 1 fully saturated rings. The van der Waals surface area contributed by atoms with Gasteiger partial charge in [-0.3, -0.25) is 9.47 Å². The zero-order chi connectivity index (χ0) is 18.0. The third-order valence-electron chi connectivity index (χ3n) is 4.58. The highest BCUT2D eigenvalue weighted by Gasteiger charge is 2.29. The van der Waals surface area contributed by atoms with Crippen molar-refractivity contribution in [1.29, 1.82) is 0 Å². The highest BCUT2D eigenvalue weighted by atomic mass is 19.3. The van der Waals surface area contributed by atoms with Crippen LogP contribution in [0, 0.1) is 0 Å². The molecule has 0 unspecified atom stereocenters. The van der Waals surface area contributed by atoms with Gasteiger partial charge in [0, 0.05) is 26.2 Å². The molecule has 1 saturated heterocycles. The van der Waals surface area contributed by atoms with E-state index in [4.69, 9.17) is 4.74 Å². The van der Waals surface area contributed by atoms with Gasteiger partial charge in [-0.1, -0.05) is 12.1 Å². The first-order chi connectivity index (χ1) is 12.0. The molecular weight excluding hydrogens is 330 g/mol.